The van der Waals surface area contributed by atoms with E-state index in [0.717, 1.165) is 10.9 Å². The molecular weight excluding hydrogens is 316 g/mol. The molecule has 23 heavy (non-hydrogen) atoms. The topological polar surface area (TPSA) is 60.5 Å². The van der Waals surface area contributed by atoms with Gasteiger partial charge in [0.1, 0.15) is 5.69 Å². The third-order valence-corrected chi connectivity index (χ3v) is 3.85. The summed E-state index contributed by atoms with van der Waals surface area (Å²) in [5.41, 5.74) is 1.53. The fourth-order valence-corrected chi connectivity index (χ4v) is 2.59. The summed E-state index contributed by atoms with van der Waals surface area (Å²) < 4.78 is 10.5. The largest absolute Gasteiger partial charge is 0.454 e. The van der Waals surface area contributed by atoms with Crippen molar-refractivity contribution in [2.24, 2.45) is 0 Å². The molecule has 0 aliphatic carbocycles. The summed E-state index contributed by atoms with van der Waals surface area (Å²) in [6, 6.07) is 14.4. The second kappa shape index (κ2) is 5.44. The zero-order valence-electron chi connectivity index (χ0n) is 11.9. The Bertz CT molecular complexity index is 927. The second-order valence-corrected chi connectivity index (χ2v) is 5.44. The van der Waals surface area contributed by atoms with Crippen molar-refractivity contribution in [2.45, 2.75) is 0 Å². The summed E-state index contributed by atoms with van der Waals surface area (Å²) in [6.45, 7) is 0.148. The maximum atomic E-state index is 12.4. The van der Waals surface area contributed by atoms with E-state index in [0.29, 0.717) is 27.9 Å². The number of benzene rings is 2. The van der Waals surface area contributed by atoms with E-state index < -0.39 is 0 Å². The van der Waals surface area contributed by atoms with Crippen molar-refractivity contribution in [1.82, 2.24) is 4.98 Å². The summed E-state index contributed by atoms with van der Waals surface area (Å²) in [6.07, 6.45) is 0. The number of anilines is 1. The molecule has 0 atom stereocenters. The van der Waals surface area contributed by atoms with Crippen LogP contribution in [0.2, 0.25) is 5.02 Å². The summed E-state index contributed by atoms with van der Waals surface area (Å²) in [4.78, 5) is 16.8. The van der Waals surface area contributed by atoms with Crippen LogP contribution >= 0.6 is 11.6 Å². The smallest absolute Gasteiger partial charge is 0.274 e. The molecule has 0 unspecified atom stereocenters. The zero-order chi connectivity index (χ0) is 15.8. The van der Waals surface area contributed by atoms with Crippen molar-refractivity contribution in [3.05, 3.63) is 59.2 Å². The molecule has 5 nitrogen and oxygen atoms in total. The molecule has 6 heteroatoms. The van der Waals surface area contributed by atoms with E-state index in [2.05, 4.69) is 10.3 Å². The Balaban J connectivity index is 1.64. The van der Waals surface area contributed by atoms with Gasteiger partial charge in [-0.3, -0.25) is 4.79 Å². The third-order valence-electron chi connectivity index (χ3n) is 3.54. The lowest BCUT2D eigenvalue weighted by Crippen LogP contribution is -2.14. The predicted octanol–water partition coefficient (Wildman–Crippen LogP) is 3.87. The lowest BCUT2D eigenvalue weighted by molar-refractivity contribution is 0.102. The predicted molar refractivity (Wildman–Crippen MR) is 87.3 cm³/mol. The number of pyridine rings is 1. The number of nitrogens with one attached hydrogen (secondary N) is 1. The van der Waals surface area contributed by atoms with Gasteiger partial charge in [0.05, 0.1) is 16.2 Å². The second-order valence-electron chi connectivity index (χ2n) is 5.03. The molecule has 0 saturated heterocycles. The number of carbonyl (C=O) groups excluding carboxylic acids is 1. The van der Waals surface area contributed by atoms with Crippen LogP contribution in [0.5, 0.6) is 11.5 Å². The monoisotopic (exact) mass is 326 g/mol. The van der Waals surface area contributed by atoms with Gasteiger partial charge in [-0.15, -0.1) is 0 Å². The first-order valence-corrected chi connectivity index (χ1v) is 7.35. The fourth-order valence-electron chi connectivity index (χ4n) is 2.39. The standard InChI is InChI=1S/C17H11ClN2O3/c18-11-7-15-16(23-9-22-15)8-14(11)20-17(21)13-6-5-10-3-1-2-4-12(10)19-13/h1-8H,9H2,(H,20,21). The van der Waals surface area contributed by atoms with Gasteiger partial charge in [0, 0.05) is 17.5 Å². The Morgan fingerprint density at radius 1 is 1.09 bits per heavy atom. The Morgan fingerprint density at radius 2 is 1.87 bits per heavy atom. The van der Waals surface area contributed by atoms with Gasteiger partial charge in [0.15, 0.2) is 11.5 Å². The molecule has 0 spiro atoms. The highest BCUT2D eigenvalue weighted by molar-refractivity contribution is 6.34. The highest BCUT2D eigenvalue weighted by atomic mass is 35.5. The van der Waals surface area contributed by atoms with E-state index in [4.69, 9.17) is 21.1 Å². The van der Waals surface area contributed by atoms with Gasteiger partial charge in [-0.25, -0.2) is 4.98 Å². The van der Waals surface area contributed by atoms with Gasteiger partial charge in [0.25, 0.3) is 5.91 Å². The number of para-hydroxylation sites is 1. The van der Waals surface area contributed by atoms with Crippen LogP contribution in [-0.4, -0.2) is 17.7 Å². The minimum absolute atomic E-state index is 0.148. The summed E-state index contributed by atoms with van der Waals surface area (Å²) in [5, 5.41) is 4.11. The average Bonchev–Trinajstić information content (AvgIpc) is 3.01. The highest BCUT2D eigenvalue weighted by Crippen LogP contribution is 2.39. The average molecular weight is 327 g/mol. The zero-order valence-corrected chi connectivity index (χ0v) is 12.6. The Kier molecular flexibility index (Phi) is 3.28. The molecule has 1 aliphatic heterocycles. The molecule has 0 bridgehead atoms. The Morgan fingerprint density at radius 3 is 2.74 bits per heavy atom. The number of aromatic nitrogens is 1. The van der Waals surface area contributed by atoms with Crippen molar-refractivity contribution in [2.75, 3.05) is 12.1 Å². The number of hydrogen-bond donors (Lipinski definition) is 1. The van der Waals surface area contributed by atoms with E-state index in [1.807, 2.05) is 30.3 Å². The molecule has 114 valence electrons. The fraction of sp³-hybridized carbons (Fsp3) is 0.0588. The highest BCUT2D eigenvalue weighted by Gasteiger charge is 2.18. The van der Waals surface area contributed by atoms with Crippen LogP contribution in [0.15, 0.2) is 48.5 Å². The molecule has 1 N–H and O–H groups in total. The Labute approximate surface area is 136 Å². The number of amides is 1. The van der Waals surface area contributed by atoms with Gasteiger partial charge in [-0.05, 0) is 12.1 Å². The molecule has 0 fully saturated rings. The number of carbonyl (C=O) groups is 1. The minimum Gasteiger partial charge on any atom is -0.454 e. The third kappa shape index (κ3) is 2.55. The van der Waals surface area contributed by atoms with Gasteiger partial charge in [-0.1, -0.05) is 35.9 Å². The van der Waals surface area contributed by atoms with Crippen molar-refractivity contribution >= 4 is 34.1 Å². The number of fused-ring (bicyclic) bond motifs is 2. The van der Waals surface area contributed by atoms with Crippen molar-refractivity contribution in [1.29, 1.82) is 0 Å². The number of rotatable bonds is 2. The first kappa shape index (κ1) is 13.8. The molecule has 0 radical (unpaired) electrons. The minimum atomic E-state index is -0.337. The number of nitrogens with zero attached hydrogens (tertiary/aromatic N) is 1. The molecule has 1 aromatic heterocycles. The molecule has 4 rings (SSSR count). The van der Waals surface area contributed by atoms with Crippen molar-refractivity contribution in [3.8, 4) is 11.5 Å². The van der Waals surface area contributed by atoms with Gasteiger partial charge in [-0.2, -0.15) is 0 Å². The SMILES string of the molecule is O=C(Nc1cc2c(cc1Cl)OCO2)c1ccc2ccccc2n1. The number of hydrogen-bond acceptors (Lipinski definition) is 4. The lowest BCUT2D eigenvalue weighted by Gasteiger charge is -2.08. The van der Waals surface area contributed by atoms with Crippen molar-refractivity contribution in [3.63, 3.8) is 0 Å². The molecule has 1 amide bonds. The quantitative estimate of drug-likeness (QED) is 0.776. The van der Waals surface area contributed by atoms with Crippen LogP contribution in [0.25, 0.3) is 10.9 Å². The van der Waals surface area contributed by atoms with Gasteiger partial charge in [0.2, 0.25) is 6.79 Å². The van der Waals surface area contributed by atoms with E-state index >= 15 is 0 Å². The summed E-state index contributed by atoms with van der Waals surface area (Å²) >= 11 is 6.16. The first-order valence-electron chi connectivity index (χ1n) is 6.97. The normalized spacial score (nSPS) is 12.4. The van der Waals surface area contributed by atoms with E-state index in [-0.39, 0.29) is 12.7 Å². The maximum Gasteiger partial charge on any atom is 0.274 e. The van der Waals surface area contributed by atoms with Crippen LogP contribution in [0, 0.1) is 0 Å². The molecule has 2 heterocycles. The molecule has 0 saturated carbocycles. The summed E-state index contributed by atoms with van der Waals surface area (Å²) in [7, 11) is 0. The van der Waals surface area contributed by atoms with Crippen LogP contribution in [-0.2, 0) is 0 Å². The number of halogens is 1. The van der Waals surface area contributed by atoms with E-state index in [1.165, 1.54) is 0 Å². The first-order chi connectivity index (χ1) is 11.2. The summed E-state index contributed by atoms with van der Waals surface area (Å²) in [5.74, 6) is 0.782. The molecule has 2 aromatic carbocycles. The van der Waals surface area contributed by atoms with Crippen LogP contribution in [0.1, 0.15) is 10.5 Å². The van der Waals surface area contributed by atoms with Gasteiger partial charge >= 0.3 is 0 Å². The van der Waals surface area contributed by atoms with Crippen LogP contribution in [0.4, 0.5) is 5.69 Å². The van der Waals surface area contributed by atoms with Crippen LogP contribution < -0.4 is 14.8 Å². The van der Waals surface area contributed by atoms with E-state index in [9.17, 15) is 4.79 Å². The van der Waals surface area contributed by atoms with E-state index in [1.54, 1.807) is 18.2 Å². The number of ether oxygens (including phenoxy) is 2. The van der Waals surface area contributed by atoms with Crippen LogP contribution in [0.3, 0.4) is 0 Å². The lowest BCUT2D eigenvalue weighted by atomic mass is 10.2. The maximum absolute atomic E-state index is 12.4. The van der Waals surface area contributed by atoms with Gasteiger partial charge < -0.3 is 14.8 Å². The molecular formula is C17H11ClN2O3. The molecule has 3 aromatic rings. The Hall–Kier alpha value is -2.79. The molecule has 1 aliphatic rings. The van der Waals surface area contributed by atoms with Crippen molar-refractivity contribution < 1.29 is 14.3 Å².